The summed E-state index contributed by atoms with van der Waals surface area (Å²) in [7, 11) is 2.11. The molecule has 1 aromatic heterocycles. The van der Waals surface area contributed by atoms with Crippen LogP contribution in [-0.4, -0.2) is 7.05 Å². The second kappa shape index (κ2) is 7.79. The zero-order valence-corrected chi connectivity index (χ0v) is 18.7. The molecule has 0 saturated carbocycles. The maximum atomic E-state index is 6.15. The molecule has 26 heavy (non-hydrogen) atoms. The van der Waals surface area contributed by atoms with E-state index in [4.69, 9.17) is 11.6 Å². The number of fused-ring (bicyclic) bond motifs is 2. The predicted molar refractivity (Wildman–Crippen MR) is 108 cm³/mol. The molecule has 5 heteroatoms. The Labute approximate surface area is 180 Å². The van der Waals surface area contributed by atoms with Crippen LogP contribution in [0.5, 0.6) is 0 Å². The molecule has 134 valence electrons. The third kappa shape index (κ3) is 3.47. The number of hydrogen-bond acceptors (Lipinski definition) is 2. The Morgan fingerprint density at radius 3 is 2.73 bits per heavy atom. The van der Waals surface area contributed by atoms with Gasteiger partial charge in [-0.05, 0) is 49.8 Å². The van der Waals surface area contributed by atoms with E-state index in [0.717, 1.165) is 11.6 Å². The first-order valence-electron chi connectivity index (χ1n) is 8.42. The summed E-state index contributed by atoms with van der Waals surface area (Å²) in [4.78, 5) is 3.44. The second-order valence-electron chi connectivity index (χ2n) is 6.33. The van der Waals surface area contributed by atoms with Crippen molar-refractivity contribution in [1.29, 1.82) is 0 Å². The van der Waals surface area contributed by atoms with Crippen molar-refractivity contribution >= 4 is 46.0 Å². The third-order valence-corrected chi connectivity index (χ3v) is 6.04. The van der Waals surface area contributed by atoms with Gasteiger partial charge in [0.1, 0.15) is 6.54 Å². The van der Waals surface area contributed by atoms with Gasteiger partial charge in [-0.15, -0.1) is 0 Å². The Morgan fingerprint density at radius 2 is 1.96 bits per heavy atom. The molecule has 0 saturated heterocycles. The van der Waals surface area contributed by atoms with E-state index in [1.54, 1.807) is 11.8 Å². The molecule has 4 rings (SSSR count). The van der Waals surface area contributed by atoms with Gasteiger partial charge in [0.2, 0.25) is 5.52 Å². The molecule has 2 heterocycles. The van der Waals surface area contributed by atoms with E-state index in [-0.39, 0.29) is 24.0 Å². The number of rotatable bonds is 2. The summed E-state index contributed by atoms with van der Waals surface area (Å²) < 4.78 is 2.29. The van der Waals surface area contributed by atoms with E-state index in [1.807, 2.05) is 12.1 Å². The van der Waals surface area contributed by atoms with Crippen molar-refractivity contribution in [2.45, 2.75) is 25.3 Å². The van der Waals surface area contributed by atoms with Crippen LogP contribution >= 0.6 is 23.4 Å². The molecule has 0 unspecified atom stereocenters. The molecule has 2 aromatic carbocycles. The van der Waals surface area contributed by atoms with Gasteiger partial charge < -0.3 is 28.9 Å². The first-order chi connectivity index (χ1) is 12.1. The zero-order valence-electron chi connectivity index (χ0n) is 15.0. The number of pyridine rings is 1. The van der Waals surface area contributed by atoms with E-state index in [0.29, 0.717) is 0 Å². The van der Waals surface area contributed by atoms with E-state index in [2.05, 4.69) is 73.0 Å². The monoisotopic (exact) mass is 494 g/mol. The summed E-state index contributed by atoms with van der Waals surface area (Å²) in [5.74, 6) is 0. The Hall–Kier alpha value is -1.24. The fourth-order valence-corrected chi connectivity index (χ4v) is 4.66. The van der Waals surface area contributed by atoms with Crippen molar-refractivity contribution in [2.24, 2.45) is 0 Å². The standard InChI is InChI=1S/C21H20ClN2S.HI/c1-4-24-10-9-15(17-11-14(2)5-7-18(17)24)12-21-23(3)19-8-6-16(22)13-20(19)25-21;/h5-13H,4H2,1-3H3;1H/q+1;/p-1. The number of hydrogen-bond donors (Lipinski definition) is 0. The molecule has 0 atom stereocenters. The van der Waals surface area contributed by atoms with Crippen LogP contribution in [0.1, 0.15) is 18.1 Å². The Bertz CT molecular complexity index is 1020. The van der Waals surface area contributed by atoms with Crippen LogP contribution in [0.4, 0.5) is 5.69 Å². The summed E-state index contributed by atoms with van der Waals surface area (Å²) in [5, 5.41) is 3.29. The number of benzene rings is 2. The van der Waals surface area contributed by atoms with E-state index in [9.17, 15) is 0 Å². The van der Waals surface area contributed by atoms with E-state index >= 15 is 0 Å². The third-order valence-electron chi connectivity index (χ3n) is 4.65. The summed E-state index contributed by atoms with van der Waals surface area (Å²) in [6, 6.07) is 15.0. The fourth-order valence-electron chi connectivity index (χ4n) is 3.28. The maximum Gasteiger partial charge on any atom is 0.213 e. The highest BCUT2D eigenvalue weighted by Crippen LogP contribution is 2.46. The van der Waals surface area contributed by atoms with E-state index < -0.39 is 0 Å². The van der Waals surface area contributed by atoms with Gasteiger partial charge in [0.05, 0.1) is 16.1 Å². The average Bonchev–Trinajstić information content (AvgIpc) is 2.90. The molecular formula is C21H20ClIN2S. The largest absolute Gasteiger partial charge is 1.00 e. The Kier molecular flexibility index (Phi) is 5.85. The Morgan fingerprint density at radius 1 is 1.15 bits per heavy atom. The van der Waals surface area contributed by atoms with Crippen LogP contribution in [0.25, 0.3) is 17.0 Å². The van der Waals surface area contributed by atoms with Gasteiger partial charge >= 0.3 is 0 Å². The minimum atomic E-state index is 0. The number of aryl methyl sites for hydroxylation is 2. The molecule has 0 radical (unpaired) electrons. The van der Waals surface area contributed by atoms with Gasteiger partial charge in [-0.25, -0.2) is 0 Å². The van der Waals surface area contributed by atoms with Crippen LogP contribution in [-0.2, 0) is 6.54 Å². The molecule has 0 spiro atoms. The van der Waals surface area contributed by atoms with Gasteiger partial charge in [0.15, 0.2) is 6.20 Å². The zero-order chi connectivity index (χ0) is 17.6. The van der Waals surface area contributed by atoms with Crippen molar-refractivity contribution in [3.05, 3.63) is 69.8 Å². The van der Waals surface area contributed by atoms with Gasteiger partial charge in [-0.3, -0.25) is 0 Å². The fraction of sp³-hybridized carbons (Fsp3) is 0.190. The summed E-state index contributed by atoms with van der Waals surface area (Å²) in [6.45, 7) is 5.29. The minimum absolute atomic E-state index is 0. The highest BCUT2D eigenvalue weighted by molar-refractivity contribution is 8.03. The van der Waals surface area contributed by atoms with Crippen molar-refractivity contribution in [3.8, 4) is 0 Å². The first-order valence-corrected chi connectivity index (χ1v) is 9.62. The minimum Gasteiger partial charge on any atom is -1.00 e. The van der Waals surface area contributed by atoms with Gasteiger partial charge in [-0.2, -0.15) is 4.57 Å². The van der Waals surface area contributed by atoms with Crippen molar-refractivity contribution in [1.82, 2.24) is 0 Å². The second-order valence-corrected chi connectivity index (χ2v) is 7.83. The Balaban J connectivity index is 0.00000196. The van der Waals surface area contributed by atoms with Crippen LogP contribution in [0, 0.1) is 6.92 Å². The van der Waals surface area contributed by atoms with Crippen LogP contribution in [0.15, 0.2) is 58.6 Å². The summed E-state index contributed by atoms with van der Waals surface area (Å²) in [6.07, 6.45) is 4.45. The summed E-state index contributed by atoms with van der Waals surface area (Å²) in [5.41, 5.74) is 5.01. The first kappa shape index (κ1) is 19.5. The van der Waals surface area contributed by atoms with Crippen LogP contribution in [0.2, 0.25) is 5.02 Å². The molecule has 0 fully saturated rings. The highest BCUT2D eigenvalue weighted by Gasteiger charge is 2.22. The molecule has 2 nitrogen and oxygen atoms in total. The number of aromatic nitrogens is 1. The molecule has 0 amide bonds. The number of anilines is 1. The van der Waals surface area contributed by atoms with Crippen molar-refractivity contribution in [2.75, 3.05) is 11.9 Å². The molecule has 0 bridgehead atoms. The van der Waals surface area contributed by atoms with Gasteiger partial charge in [0, 0.05) is 29.1 Å². The lowest BCUT2D eigenvalue weighted by Gasteiger charge is -2.14. The van der Waals surface area contributed by atoms with Crippen LogP contribution in [0.3, 0.4) is 0 Å². The molecule has 0 N–H and O–H groups in total. The quantitative estimate of drug-likeness (QED) is 0.399. The summed E-state index contributed by atoms with van der Waals surface area (Å²) >= 11 is 7.93. The lowest BCUT2D eigenvalue weighted by Crippen LogP contribution is -3.00. The molecule has 0 aliphatic carbocycles. The van der Waals surface area contributed by atoms with E-state index in [1.165, 1.54) is 37.6 Å². The average molecular weight is 495 g/mol. The smallest absolute Gasteiger partial charge is 0.213 e. The molecular weight excluding hydrogens is 475 g/mol. The normalized spacial score (nSPS) is 14.6. The topological polar surface area (TPSA) is 7.12 Å². The highest BCUT2D eigenvalue weighted by atomic mass is 127. The SMILES string of the molecule is CC[n+]1ccc(/C=C2/Sc3cc(Cl)ccc3N2C)c2cc(C)ccc21.[I-]. The molecule has 3 aromatic rings. The lowest BCUT2D eigenvalue weighted by molar-refractivity contribution is -0.667. The van der Waals surface area contributed by atoms with Crippen LogP contribution < -0.4 is 33.4 Å². The molecule has 1 aliphatic heterocycles. The number of nitrogens with zero attached hydrogens (tertiary/aromatic N) is 2. The lowest BCUT2D eigenvalue weighted by atomic mass is 10.1. The maximum absolute atomic E-state index is 6.15. The number of thioether (sulfide) groups is 1. The van der Waals surface area contributed by atoms with Crippen molar-refractivity contribution < 1.29 is 28.5 Å². The van der Waals surface area contributed by atoms with Gasteiger partial charge in [-0.1, -0.05) is 35.0 Å². The predicted octanol–water partition coefficient (Wildman–Crippen LogP) is 2.65. The van der Waals surface area contributed by atoms with Crippen molar-refractivity contribution in [3.63, 3.8) is 0 Å². The van der Waals surface area contributed by atoms with Gasteiger partial charge in [0.25, 0.3) is 0 Å². The number of halogens is 2. The molecule has 1 aliphatic rings.